The van der Waals surface area contributed by atoms with Gasteiger partial charge in [0, 0.05) is 18.0 Å². The number of rotatable bonds is 6. The van der Waals surface area contributed by atoms with Crippen molar-refractivity contribution in [3.05, 3.63) is 100.0 Å². The van der Waals surface area contributed by atoms with Crippen LogP contribution in [-0.4, -0.2) is 22.4 Å². The lowest BCUT2D eigenvalue weighted by atomic mass is 9.87. The van der Waals surface area contributed by atoms with Crippen LogP contribution in [0.1, 0.15) is 31.9 Å². The van der Waals surface area contributed by atoms with Crippen molar-refractivity contribution in [2.75, 3.05) is 12.4 Å². The van der Waals surface area contributed by atoms with Crippen LogP contribution in [0.3, 0.4) is 0 Å². The minimum Gasteiger partial charge on any atom is -0.497 e. The Morgan fingerprint density at radius 3 is 2.49 bits per heavy atom. The van der Waals surface area contributed by atoms with E-state index in [4.69, 9.17) is 9.47 Å². The lowest BCUT2D eigenvalue weighted by Crippen LogP contribution is -2.20. The molecule has 0 unspecified atom stereocenters. The van der Waals surface area contributed by atoms with E-state index in [0.29, 0.717) is 22.8 Å². The van der Waals surface area contributed by atoms with Gasteiger partial charge >= 0.3 is 0 Å². The lowest BCUT2D eigenvalue weighted by Gasteiger charge is -2.19. The predicted molar refractivity (Wildman–Crippen MR) is 142 cm³/mol. The Morgan fingerprint density at radius 1 is 1.05 bits per heavy atom. The summed E-state index contributed by atoms with van der Waals surface area (Å²) in [4.78, 5) is 30.8. The van der Waals surface area contributed by atoms with Gasteiger partial charge in [-0.15, -0.1) is 0 Å². The number of methoxy groups -OCH3 is 1. The average molecular weight is 495 g/mol. The van der Waals surface area contributed by atoms with Crippen LogP contribution in [-0.2, 0) is 10.2 Å². The molecule has 0 saturated carbocycles. The molecule has 0 bridgehead atoms. The predicted octanol–water partition coefficient (Wildman–Crippen LogP) is 5.34. The Balaban J connectivity index is 1.76. The Hall–Kier alpha value is -4.90. The van der Waals surface area contributed by atoms with Gasteiger partial charge in [0.15, 0.2) is 0 Å². The molecule has 4 rings (SSSR count). The first-order valence-corrected chi connectivity index (χ1v) is 11.6. The molecular weight excluding hydrogens is 468 g/mol. The van der Waals surface area contributed by atoms with E-state index in [1.165, 1.54) is 17.6 Å². The highest BCUT2D eigenvalue weighted by atomic mass is 16.5. The molecule has 0 aliphatic carbocycles. The molecule has 1 amide bonds. The fourth-order valence-corrected chi connectivity index (χ4v) is 3.61. The molecular formula is C29H26N4O4. The highest BCUT2D eigenvalue weighted by molar-refractivity contribution is 6.09. The first kappa shape index (κ1) is 25.2. The Bertz CT molecular complexity index is 1590. The van der Waals surface area contributed by atoms with Crippen molar-refractivity contribution in [1.82, 2.24) is 9.38 Å². The van der Waals surface area contributed by atoms with Gasteiger partial charge in [-0.25, -0.2) is 0 Å². The number of carbonyl (C=O) groups excluding carboxylic acids is 1. The maximum absolute atomic E-state index is 13.4. The highest BCUT2D eigenvalue weighted by Crippen LogP contribution is 2.28. The van der Waals surface area contributed by atoms with Crippen LogP contribution in [0.15, 0.2) is 83.3 Å². The molecule has 4 aromatic rings. The third kappa shape index (κ3) is 5.68. The van der Waals surface area contributed by atoms with Crippen LogP contribution in [0, 0.1) is 11.3 Å². The number of hydrogen-bond acceptors (Lipinski definition) is 6. The van der Waals surface area contributed by atoms with Crippen molar-refractivity contribution in [3.8, 4) is 23.4 Å². The number of benzene rings is 2. The lowest BCUT2D eigenvalue weighted by molar-refractivity contribution is -0.112. The first-order valence-electron chi connectivity index (χ1n) is 11.6. The highest BCUT2D eigenvalue weighted by Gasteiger charge is 2.18. The first-order chi connectivity index (χ1) is 17.7. The van der Waals surface area contributed by atoms with E-state index >= 15 is 0 Å². The summed E-state index contributed by atoms with van der Waals surface area (Å²) in [6.07, 6.45) is 2.76. The summed E-state index contributed by atoms with van der Waals surface area (Å²) in [7, 11) is 1.51. The van der Waals surface area contributed by atoms with Crippen molar-refractivity contribution in [2.45, 2.75) is 26.2 Å². The van der Waals surface area contributed by atoms with E-state index in [2.05, 4.69) is 31.1 Å². The number of nitrogens with one attached hydrogen (secondary N) is 1. The second-order valence-corrected chi connectivity index (χ2v) is 9.30. The van der Waals surface area contributed by atoms with Crippen LogP contribution < -0.4 is 20.3 Å². The molecule has 2 heterocycles. The van der Waals surface area contributed by atoms with Gasteiger partial charge in [0.25, 0.3) is 11.5 Å². The van der Waals surface area contributed by atoms with Gasteiger partial charge in [-0.3, -0.25) is 14.0 Å². The summed E-state index contributed by atoms with van der Waals surface area (Å²) < 4.78 is 12.5. The van der Waals surface area contributed by atoms with Crippen LogP contribution in [0.4, 0.5) is 5.69 Å². The summed E-state index contributed by atoms with van der Waals surface area (Å²) in [6.45, 7) is 6.33. The molecule has 8 nitrogen and oxygen atoms in total. The second-order valence-electron chi connectivity index (χ2n) is 9.30. The van der Waals surface area contributed by atoms with Gasteiger partial charge in [-0.1, -0.05) is 45.0 Å². The Kier molecular flexibility index (Phi) is 7.07. The number of hydrogen-bond donors (Lipinski definition) is 1. The zero-order valence-electron chi connectivity index (χ0n) is 21.0. The zero-order valence-corrected chi connectivity index (χ0v) is 21.0. The molecule has 1 N–H and O–H groups in total. The molecule has 0 aliphatic heterocycles. The van der Waals surface area contributed by atoms with Crippen LogP contribution >= 0.6 is 0 Å². The van der Waals surface area contributed by atoms with Crippen molar-refractivity contribution in [2.24, 2.45) is 0 Å². The summed E-state index contributed by atoms with van der Waals surface area (Å²) in [5.41, 5.74) is 1.09. The molecule has 0 atom stereocenters. The van der Waals surface area contributed by atoms with Gasteiger partial charge in [0.05, 0.1) is 7.11 Å². The standard InChI is InChI=1S/C29H26N4O4/c1-29(2,3)20-11-13-22(14-12-20)37-27-24(28(35)33-15-6-5-10-25(33)32-27)16-19(18-30)26(34)31-21-8-7-9-23(17-21)36-4/h5-17H,1-4H3,(H,31,34)/b19-16-. The van der Waals surface area contributed by atoms with E-state index in [0.717, 1.165) is 5.56 Å². The number of anilines is 1. The normalized spacial score (nSPS) is 11.6. The summed E-state index contributed by atoms with van der Waals surface area (Å²) in [5.74, 6) is 0.315. The molecule has 0 aliphatic rings. The van der Waals surface area contributed by atoms with Crippen LogP contribution in [0.2, 0.25) is 0 Å². The molecule has 37 heavy (non-hydrogen) atoms. The molecule has 0 saturated heterocycles. The van der Waals surface area contributed by atoms with Gasteiger partial charge < -0.3 is 14.8 Å². The number of amides is 1. The van der Waals surface area contributed by atoms with Gasteiger partial charge in [0.2, 0.25) is 5.88 Å². The average Bonchev–Trinajstić information content (AvgIpc) is 2.88. The second kappa shape index (κ2) is 10.4. The third-order valence-corrected chi connectivity index (χ3v) is 5.65. The molecule has 0 fully saturated rings. The Morgan fingerprint density at radius 2 is 1.81 bits per heavy atom. The molecule has 8 heteroatoms. The quantitative estimate of drug-likeness (QED) is 0.287. The van der Waals surface area contributed by atoms with Crippen molar-refractivity contribution < 1.29 is 14.3 Å². The Labute approximate surface area is 214 Å². The number of nitrogens with zero attached hydrogens (tertiary/aromatic N) is 3. The van der Waals surface area contributed by atoms with Crippen molar-refractivity contribution in [3.63, 3.8) is 0 Å². The zero-order chi connectivity index (χ0) is 26.6. The topological polar surface area (TPSA) is 106 Å². The van der Waals surface area contributed by atoms with Gasteiger partial charge in [-0.2, -0.15) is 10.2 Å². The fraction of sp³-hybridized carbons (Fsp3) is 0.172. The largest absolute Gasteiger partial charge is 0.497 e. The van der Waals surface area contributed by atoms with Crippen molar-refractivity contribution >= 4 is 23.3 Å². The van der Waals surface area contributed by atoms with Crippen LogP contribution in [0.25, 0.3) is 11.7 Å². The molecule has 2 aromatic carbocycles. The van der Waals surface area contributed by atoms with E-state index < -0.39 is 11.5 Å². The van der Waals surface area contributed by atoms with Crippen molar-refractivity contribution in [1.29, 1.82) is 5.26 Å². The maximum Gasteiger partial charge on any atom is 0.269 e. The number of ether oxygens (including phenoxy) is 2. The molecule has 2 aromatic heterocycles. The summed E-state index contributed by atoms with van der Waals surface area (Å²) >= 11 is 0. The number of fused-ring (bicyclic) bond motifs is 1. The number of aromatic nitrogens is 2. The monoisotopic (exact) mass is 494 g/mol. The fourth-order valence-electron chi connectivity index (χ4n) is 3.61. The minimum atomic E-state index is -0.686. The van der Waals surface area contributed by atoms with Gasteiger partial charge in [-0.05, 0) is 53.5 Å². The molecule has 0 spiro atoms. The number of pyridine rings is 1. The summed E-state index contributed by atoms with van der Waals surface area (Å²) in [6, 6.07) is 21.2. The van der Waals surface area contributed by atoms with E-state index in [-0.39, 0.29) is 22.4 Å². The van der Waals surface area contributed by atoms with Crippen LogP contribution in [0.5, 0.6) is 17.4 Å². The van der Waals surface area contributed by atoms with Gasteiger partial charge in [0.1, 0.15) is 34.4 Å². The minimum absolute atomic E-state index is 0.0124. The molecule has 186 valence electrons. The number of carbonyl (C=O) groups is 1. The van der Waals surface area contributed by atoms with E-state index in [1.54, 1.807) is 60.8 Å². The van der Waals surface area contributed by atoms with E-state index in [1.807, 2.05) is 18.2 Å². The number of nitriles is 1. The van der Waals surface area contributed by atoms with E-state index in [9.17, 15) is 14.9 Å². The molecule has 0 radical (unpaired) electrons. The maximum atomic E-state index is 13.4. The third-order valence-electron chi connectivity index (χ3n) is 5.65. The summed E-state index contributed by atoms with van der Waals surface area (Å²) in [5, 5.41) is 12.4. The smallest absolute Gasteiger partial charge is 0.269 e. The SMILES string of the molecule is COc1cccc(NC(=O)/C(C#N)=C\c2c(Oc3ccc(C(C)(C)C)cc3)nc3ccccn3c2=O)c1.